The van der Waals surface area contributed by atoms with Crippen LogP contribution in [0, 0.1) is 0 Å². The van der Waals surface area contributed by atoms with Crippen LogP contribution in [0.2, 0.25) is 0 Å². The summed E-state index contributed by atoms with van der Waals surface area (Å²) >= 11 is 0. The summed E-state index contributed by atoms with van der Waals surface area (Å²) in [6, 6.07) is 11.4. The monoisotopic (exact) mass is 296 g/mol. The van der Waals surface area contributed by atoms with Gasteiger partial charge in [0.15, 0.2) is 11.5 Å². The summed E-state index contributed by atoms with van der Waals surface area (Å²) in [7, 11) is 0. The van der Waals surface area contributed by atoms with Crippen molar-refractivity contribution in [3.63, 3.8) is 0 Å². The Bertz CT molecular complexity index is 793. The van der Waals surface area contributed by atoms with Gasteiger partial charge in [-0.2, -0.15) is 9.62 Å². The molecule has 0 unspecified atom stereocenters. The van der Waals surface area contributed by atoms with Gasteiger partial charge in [0, 0.05) is 0 Å². The minimum Gasteiger partial charge on any atom is -0.494 e. The second-order valence-electron chi connectivity index (χ2n) is 4.62. The van der Waals surface area contributed by atoms with E-state index in [1.54, 1.807) is 16.9 Å². The predicted molar refractivity (Wildman–Crippen MR) is 84.2 cm³/mol. The molecule has 22 heavy (non-hydrogen) atoms. The van der Waals surface area contributed by atoms with Crippen LogP contribution in [-0.2, 0) is 0 Å². The molecule has 2 heterocycles. The highest BCUT2D eigenvalue weighted by molar-refractivity contribution is 5.99. The van der Waals surface area contributed by atoms with Crippen molar-refractivity contribution in [1.29, 1.82) is 0 Å². The van der Waals surface area contributed by atoms with Crippen molar-refractivity contribution >= 4 is 17.2 Å². The number of anilines is 1. The predicted octanol–water partition coefficient (Wildman–Crippen LogP) is 2.36. The van der Waals surface area contributed by atoms with Gasteiger partial charge in [-0.3, -0.25) is 5.43 Å². The summed E-state index contributed by atoms with van der Waals surface area (Å²) in [4.78, 5) is 0. The van der Waals surface area contributed by atoms with E-state index in [-0.39, 0.29) is 0 Å². The third-order valence-electron chi connectivity index (χ3n) is 3.08. The van der Waals surface area contributed by atoms with Gasteiger partial charge in [-0.1, -0.05) is 0 Å². The quantitative estimate of drug-likeness (QED) is 0.577. The van der Waals surface area contributed by atoms with Crippen molar-refractivity contribution in [2.75, 3.05) is 12.0 Å². The zero-order valence-corrected chi connectivity index (χ0v) is 12.4. The van der Waals surface area contributed by atoms with Gasteiger partial charge in [0.1, 0.15) is 12.1 Å². The normalized spacial score (nSPS) is 11.6. The molecule has 0 amide bonds. The molecule has 3 rings (SSSR count). The molecule has 0 radical (unpaired) electrons. The summed E-state index contributed by atoms with van der Waals surface area (Å²) < 4.78 is 7.01. The lowest BCUT2D eigenvalue weighted by molar-refractivity contribution is 0.340. The molecular weight excluding hydrogens is 280 g/mol. The van der Waals surface area contributed by atoms with Gasteiger partial charge in [-0.25, -0.2) is 0 Å². The van der Waals surface area contributed by atoms with E-state index in [1.807, 2.05) is 44.2 Å². The zero-order valence-electron chi connectivity index (χ0n) is 12.4. The average molecular weight is 296 g/mol. The van der Waals surface area contributed by atoms with Gasteiger partial charge < -0.3 is 4.74 Å². The number of rotatable bonds is 5. The Balaban J connectivity index is 1.73. The maximum Gasteiger partial charge on any atom is 0.177 e. The number of hydrogen-bond acceptors (Lipinski definition) is 6. The fourth-order valence-electron chi connectivity index (χ4n) is 1.95. The van der Waals surface area contributed by atoms with E-state index >= 15 is 0 Å². The summed E-state index contributed by atoms with van der Waals surface area (Å²) in [6.07, 6.45) is 1.55. The molecule has 0 spiro atoms. The van der Waals surface area contributed by atoms with Crippen LogP contribution in [0.5, 0.6) is 5.75 Å². The number of hydrazone groups is 1. The molecule has 0 atom stereocenters. The molecule has 1 N–H and O–H groups in total. The fraction of sp³-hybridized carbons (Fsp3) is 0.200. The molecule has 0 fully saturated rings. The molecule has 0 saturated carbocycles. The Kier molecular flexibility index (Phi) is 3.95. The van der Waals surface area contributed by atoms with Crippen molar-refractivity contribution in [3.8, 4) is 5.75 Å². The second kappa shape index (κ2) is 6.21. The number of aromatic nitrogens is 4. The molecule has 0 saturated heterocycles. The lowest BCUT2D eigenvalue weighted by Gasteiger charge is -2.05. The van der Waals surface area contributed by atoms with Crippen LogP contribution in [0.25, 0.3) is 5.65 Å². The number of fused-ring (bicyclic) bond motifs is 1. The van der Waals surface area contributed by atoms with Crippen LogP contribution in [-0.4, -0.2) is 32.1 Å². The van der Waals surface area contributed by atoms with Crippen LogP contribution in [0.3, 0.4) is 0 Å². The maximum atomic E-state index is 5.42. The van der Waals surface area contributed by atoms with Crippen molar-refractivity contribution in [3.05, 3.63) is 48.3 Å². The van der Waals surface area contributed by atoms with Gasteiger partial charge in [0.2, 0.25) is 0 Å². The molecule has 2 aromatic heterocycles. The zero-order chi connectivity index (χ0) is 15.4. The Morgan fingerprint density at radius 1 is 1.23 bits per heavy atom. The number of nitrogens with zero attached hydrogens (tertiary/aromatic N) is 5. The Hall–Kier alpha value is -2.96. The first-order valence-corrected chi connectivity index (χ1v) is 6.97. The van der Waals surface area contributed by atoms with E-state index in [1.165, 1.54) is 0 Å². The van der Waals surface area contributed by atoms with Gasteiger partial charge in [-0.15, -0.1) is 15.3 Å². The molecule has 0 aliphatic heterocycles. The van der Waals surface area contributed by atoms with Crippen LogP contribution < -0.4 is 10.2 Å². The summed E-state index contributed by atoms with van der Waals surface area (Å²) in [6.45, 7) is 4.55. The number of ether oxygens (including phenoxy) is 1. The third kappa shape index (κ3) is 3.03. The summed E-state index contributed by atoms with van der Waals surface area (Å²) in [5.74, 6) is 1.48. The van der Waals surface area contributed by atoms with Gasteiger partial charge in [0.05, 0.1) is 12.3 Å². The van der Waals surface area contributed by atoms with E-state index in [4.69, 9.17) is 4.74 Å². The standard InChI is InChI=1S/C15H16N6O/c1-3-22-13-6-4-12(5-7-13)11(2)17-18-14-8-9-15-19-16-10-21(15)20-14/h4-10H,3H2,1-2H3,(H,18,20). The molecule has 3 aromatic rings. The highest BCUT2D eigenvalue weighted by Crippen LogP contribution is 2.13. The molecule has 7 heteroatoms. The van der Waals surface area contributed by atoms with E-state index < -0.39 is 0 Å². The minimum absolute atomic E-state index is 0.623. The Morgan fingerprint density at radius 2 is 2.05 bits per heavy atom. The fourth-order valence-corrected chi connectivity index (χ4v) is 1.95. The average Bonchev–Trinajstić information content (AvgIpc) is 3.01. The summed E-state index contributed by atoms with van der Waals surface area (Å²) in [5.41, 5.74) is 5.50. The van der Waals surface area contributed by atoms with Gasteiger partial charge >= 0.3 is 0 Å². The molecule has 112 valence electrons. The van der Waals surface area contributed by atoms with Crippen molar-refractivity contribution in [2.45, 2.75) is 13.8 Å². The first kappa shape index (κ1) is 14.0. The van der Waals surface area contributed by atoms with Crippen molar-refractivity contribution in [2.24, 2.45) is 5.10 Å². The SMILES string of the molecule is CCOc1ccc(C(C)=NNc2ccc3nncn3n2)cc1. The number of nitrogens with one attached hydrogen (secondary N) is 1. The first-order valence-electron chi connectivity index (χ1n) is 6.97. The second-order valence-corrected chi connectivity index (χ2v) is 4.62. The highest BCUT2D eigenvalue weighted by Gasteiger charge is 2.01. The first-order chi connectivity index (χ1) is 10.8. The Labute approximate surface area is 127 Å². The molecule has 0 aliphatic rings. The third-order valence-corrected chi connectivity index (χ3v) is 3.08. The largest absolute Gasteiger partial charge is 0.494 e. The van der Waals surface area contributed by atoms with E-state index in [0.29, 0.717) is 18.1 Å². The molecule has 0 bridgehead atoms. The van der Waals surface area contributed by atoms with Crippen LogP contribution in [0.1, 0.15) is 19.4 Å². The molecule has 1 aromatic carbocycles. The maximum absolute atomic E-state index is 5.42. The molecular formula is C15H16N6O. The van der Waals surface area contributed by atoms with Gasteiger partial charge in [0.25, 0.3) is 0 Å². The highest BCUT2D eigenvalue weighted by atomic mass is 16.5. The molecule has 7 nitrogen and oxygen atoms in total. The lowest BCUT2D eigenvalue weighted by Crippen LogP contribution is -2.02. The van der Waals surface area contributed by atoms with E-state index in [2.05, 4.69) is 25.8 Å². The number of hydrogen-bond donors (Lipinski definition) is 1. The van der Waals surface area contributed by atoms with E-state index in [9.17, 15) is 0 Å². The topological polar surface area (TPSA) is 76.7 Å². The van der Waals surface area contributed by atoms with Crippen LogP contribution in [0.15, 0.2) is 47.8 Å². The van der Waals surface area contributed by atoms with Crippen LogP contribution in [0.4, 0.5) is 5.82 Å². The van der Waals surface area contributed by atoms with E-state index in [0.717, 1.165) is 17.0 Å². The van der Waals surface area contributed by atoms with Gasteiger partial charge in [-0.05, 0) is 55.8 Å². The number of benzene rings is 1. The molecule has 0 aliphatic carbocycles. The smallest absolute Gasteiger partial charge is 0.177 e. The Morgan fingerprint density at radius 3 is 2.82 bits per heavy atom. The summed E-state index contributed by atoms with van der Waals surface area (Å²) in [5, 5.41) is 16.3. The lowest BCUT2D eigenvalue weighted by atomic mass is 10.1. The van der Waals surface area contributed by atoms with Crippen molar-refractivity contribution in [1.82, 2.24) is 19.8 Å². The minimum atomic E-state index is 0.623. The van der Waals surface area contributed by atoms with Crippen molar-refractivity contribution < 1.29 is 4.74 Å². The van der Waals surface area contributed by atoms with Crippen LogP contribution >= 0.6 is 0 Å².